The zero-order valence-electron chi connectivity index (χ0n) is 15.2. The van der Waals surface area contributed by atoms with Crippen molar-refractivity contribution in [1.82, 2.24) is 0 Å². The third-order valence-electron chi connectivity index (χ3n) is 4.98. The van der Waals surface area contributed by atoms with Gasteiger partial charge in [-0.25, -0.2) is 4.79 Å². The predicted molar refractivity (Wildman–Crippen MR) is 95.2 cm³/mol. The van der Waals surface area contributed by atoms with Gasteiger partial charge in [0.15, 0.2) is 11.5 Å². The quantitative estimate of drug-likeness (QED) is 0.579. The highest BCUT2D eigenvalue weighted by Crippen LogP contribution is 2.33. The van der Waals surface area contributed by atoms with Gasteiger partial charge in [-0.05, 0) is 39.7 Å². The summed E-state index contributed by atoms with van der Waals surface area (Å²) in [6, 6.07) is 0. The highest BCUT2D eigenvalue weighted by atomic mass is 16.5. The number of aliphatic hydroxyl groups excluding tert-OH is 2. The van der Waals surface area contributed by atoms with Crippen LogP contribution in [0, 0.1) is 11.8 Å². The number of carbonyl (C=O) groups is 3. The fourth-order valence-corrected chi connectivity index (χ4v) is 3.34. The number of esters is 1. The van der Waals surface area contributed by atoms with E-state index >= 15 is 0 Å². The van der Waals surface area contributed by atoms with E-state index in [1.165, 1.54) is 6.92 Å². The summed E-state index contributed by atoms with van der Waals surface area (Å²) < 4.78 is 5.30. The first-order valence-corrected chi connectivity index (χ1v) is 8.45. The molecule has 0 amide bonds. The van der Waals surface area contributed by atoms with Crippen molar-refractivity contribution in [3.05, 3.63) is 47.3 Å². The number of aliphatic hydroxyl groups is 2. The van der Waals surface area contributed by atoms with E-state index in [2.05, 4.69) is 13.2 Å². The summed E-state index contributed by atoms with van der Waals surface area (Å²) in [6.45, 7) is 12.1. The predicted octanol–water partition coefficient (Wildman–Crippen LogP) is 2.35. The Labute approximate surface area is 152 Å². The maximum atomic E-state index is 12.7. The van der Waals surface area contributed by atoms with Gasteiger partial charge in [-0.15, -0.1) is 0 Å². The molecule has 2 N–H and O–H groups in total. The van der Waals surface area contributed by atoms with E-state index in [4.69, 9.17) is 4.74 Å². The van der Waals surface area contributed by atoms with E-state index in [-0.39, 0.29) is 12.0 Å². The topological polar surface area (TPSA) is 101 Å². The van der Waals surface area contributed by atoms with Crippen LogP contribution in [0.25, 0.3) is 0 Å². The first-order valence-electron chi connectivity index (χ1n) is 8.45. The fourth-order valence-electron chi connectivity index (χ4n) is 3.34. The third kappa shape index (κ3) is 3.55. The minimum absolute atomic E-state index is 0.228. The first-order chi connectivity index (χ1) is 12.1. The van der Waals surface area contributed by atoms with Crippen LogP contribution in [0.1, 0.15) is 33.6 Å². The molecule has 0 aromatic carbocycles. The number of hydrogen-bond donors (Lipinski definition) is 2. The number of ketones is 2. The second kappa shape index (κ2) is 7.41. The molecule has 6 heteroatoms. The standard InChI is InChI=1S/C20H24O6/c1-9(2)13-7-6-12-8-14(26-20(12)25)15(10(3)4)19(24)17(22)11(5)16(21)18(13)23/h8,13-15,18,22-23H,1,3,6-7H2,2,4-5H3. The number of carbonyl (C=O) groups excluding carboxylic acids is 3. The summed E-state index contributed by atoms with van der Waals surface area (Å²) in [5.41, 5.74) is 1.12. The molecule has 0 aromatic heterocycles. The molecule has 26 heavy (non-hydrogen) atoms. The summed E-state index contributed by atoms with van der Waals surface area (Å²) in [4.78, 5) is 37.4. The fraction of sp³-hybridized carbons (Fsp3) is 0.450. The van der Waals surface area contributed by atoms with Crippen LogP contribution < -0.4 is 0 Å². The van der Waals surface area contributed by atoms with Gasteiger partial charge >= 0.3 is 5.97 Å². The van der Waals surface area contributed by atoms with E-state index < -0.39 is 47.3 Å². The minimum Gasteiger partial charge on any atom is -0.504 e. The zero-order valence-corrected chi connectivity index (χ0v) is 15.2. The summed E-state index contributed by atoms with van der Waals surface area (Å²) in [6.07, 6.45) is -0.175. The van der Waals surface area contributed by atoms with Gasteiger partial charge in [0.1, 0.15) is 12.2 Å². The van der Waals surface area contributed by atoms with Gasteiger partial charge in [0, 0.05) is 17.1 Å². The number of Topliss-reactive ketones (excluding diaryl/α,β-unsaturated/α-hetero) is 2. The molecule has 6 nitrogen and oxygen atoms in total. The Morgan fingerprint density at radius 3 is 2.31 bits per heavy atom. The molecule has 0 aromatic rings. The SMILES string of the molecule is C=C(C)C1CCC2=CC(OC2=O)C(C(=C)C)C(=O)C(O)=C(C)C(=O)C1O. The molecule has 4 atom stereocenters. The minimum atomic E-state index is -1.46. The van der Waals surface area contributed by atoms with Gasteiger partial charge in [0.05, 0.1) is 5.92 Å². The van der Waals surface area contributed by atoms with Crippen molar-refractivity contribution in [3.63, 3.8) is 0 Å². The van der Waals surface area contributed by atoms with Crippen LogP contribution in [0.5, 0.6) is 0 Å². The van der Waals surface area contributed by atoms with Gasteiger partial charge in [0.2, 0.25) is 5.78 Å². The lowest BCUT2D eigenvalue weighted by Crippen LogP contribution is -2.34. The summed E-state index contributed by atoms with van der Waals surface area (Å²) in [5, 5.41) is 20.8. The highest BCUT2D eigenvalue weighted by Gasteiger charge is 2.40. The van der Waals surface area contributed by atoms with Crippen molar-refractivity contribution < 1.29 is 29.3 Å². The van der Waals surface area contributed by atoms with E-state index in [1.54, 1.807) is 19.9 Å². The molecule has 4 unspecified atom stereocenters. The summed E-state index contributed by atoms with van der Waals surface area (Å²) in [7, 11) is 0. The number of allylic oxidation sites excluding steroid dienone is 1. The Morgan fingerprint density at radius 2 is 1.77 bits per heavy atom. The number of hydrogen-bond acceptors (Lipinski definition) is 6. The van der Waals surface area contributed by atoms with Crippen LogP contribution >= 0.6 is 0 Å². The van der Waals surface area contributed by atoms with Crippen LogP contribution in [0.15, 0.2) is 47.3 Å². The Kier molecular flexibility index (Phi) is 5.66. The largest absolute Gasteiger partial charge is 0.504 e. The van der Waals surface area contributed by atoms with Gasteiger partial charge in [-0.2, -0.15) is 0 Å². The van der Waals surface area contributed by atoms with Crippen molar-refractivity contribution in [2.45, 2.75) is 45.8 Å². The molecule has 0 saturated heterocycles. The molecule has 2 rings (SSSR count). The number of ether oxygens (including phenoxy) is 1. The molecule has 0 fully saturated rings. The zero-order chi connectivity index (χ0) is 19.8. The summed E-state index contributed by atoms with van der Waals surface area (Å²) in [5.74, 6) is -4.40. The van der Waals surface area contributed by atoms with Crippen LogP contribution in [-0.2, 0) is 19.1 Å². The Balaban J connectivity index is 2.58. The van der Waals surface area contributed by atoms with Crippen LogP contribution in [0.2, 0.25) is 0 Å². The van der Waals surface area contributed by atoms with E-state index in [9.17, 15) is 24.6 Å². The van der Waals surface area contributed by atoms with Crippen molar-refractivity contribution in [1.29, 1.82) is 0 Å². The molecule has 0 radical (unpaired) electrons. The molecule has 0 spiro atoms. The second-order valence-corrected chi connectivity index (χ2v) is 7.02. The molecule has 1 heterocycles. The molecule has 2 bridgehead atoms. The molecule has 2 aliphatic rings. The monoisotopic (exact) mass is 360 g/mol. The Hall–Kier alpha value is -2.47. The average molecular weight is 360 g/mol. The molecule has 140 valence electrons. The van der Waals surface area contributed by atoms with Gasteiger partial charge < -0.3 is 14.9 Å². The van der Waals surface area contributed by atoms with Crippen molar-refractivity contribution >= 4 is 17.5 Å². The third-order valence-corrected chi connectivity index (χ3v) is 4.98. The maximum Gasteiger partial charge on any atom is 0.334 e. The number of fused-ring (bicyclic) bond motifs is 1. The molecular formula is C20H24O6. The lowest BCUT2D eigenvalue weighted by atomic mass is 9.82. The average Bonchev–Trinajstić information content (AvgIpc) is 2.91. The maximum absolute atomic E-state index is 12.7. The van der Waals surface area contributed by atoms with Gasteiger partial charge in [-0.1, -0.05) is 24.3 Å². The van der Waals surface area contributed by atoms with Gasteiger partial charge in [-0.3, -0.25) is 9.59 Å². The molecular weight excluding hydrogens is 336 g/mol. The smallest absolute Gasteiger partial charge is 0.334 e. The van der Waals surface area contributed by atoms with Gasteiger partial charge in [0.25, 0.3) is 0 Å². The highest BCUT2D eigenvalue weighted by molar-refractivity contribution is 6.08. The second-order valence-electron chi connectivity index (χ2n) is 7.02. The van der Waals surface area contributed by atoms with Crippen molar-refractivity contribution in [2.75, 3.05) is 0 Å². The Bertz CT molecular complexity index is 754. The molecule has 0 saturated carbocycles. The Morgan fingerprint density at radius 1 is 1.15 bits per heavy atom. The van der Waals surface area contributed by atoms with Crippen molar-refractivity contribution in [3.8, 4) is 0 Å². The molecule has 1 aliphatic heterocycles. The van der Waals surface area contributed by atoms with Crippen molar-refractivity contribution in [2.24, 2.45) is 11.8 Å². The number of rotatable bonds is 2. The van der Waals surface area contributed by atoms with Crippen LogP contribution in [-0.4, -0.2) is 40.0 Å². The van der Waals surface area contributed by atoms with E-state index in [1.807, 2.05) is 0 Å². The lowest BCUT2D eigenvalue weighted by Gasteiger charge is -2.24. The van der Waals surface area contributed by atoms with Crippen LogP contribution in [0.4, 0.5) is 0 Å². The van der Waals surface area contributed by atoms with E-state index in [0.717, 1.165) is 0 Å². The van der Waals surface area contributed by atoms with Crippen LogP contribution in [0.3, 0.4) is 0 Å². The van der Waals surface area contributed by atoms with E-state index in [0.29, 0.717) is 23.1 Å². The molecule has 1 aliphatic carbocycles. The first kappa shape index (κ1) is 19.8. The lowest BCUT2D eigenvalue weighted by molar-refractivity contribution is -0.142. The normalized spacial score (nSPS) is 30.3. The summed E-state index contributed by atoms with van der Waals surface area (Å²) >= 11 is 0.